The first kappa shape index (κ1) is 14.5. The zero-order valence-corrected chi connectivity index (χ0v) is 12.9. The molecule has 2 atom stereocenters. The topological polar surface area (TPSA) is 62.5 Å². The number of nitrogens with zero attached hydrogens (tertiary/aromatic N) is 4. The first-order chi connectivity index (χ1) is 10.1. The van der Waals surface area contributed by atoms with E-state index in [0.29, 0.717) is 5.89 Å². The molecule has 0 radical (unpaired) electrons. The van der Waals surface area contributed by atoms with Crippen LogP contribution in [0.1, 0.15) is 49.7 Å². The summed E-state index contributed by atoms with van der Waals surface area (Å²) in [5, 5.41) is 4.03. The van der Waals surface area contributed by atoms with Crippen molar-refractivity contribution in [1.82, 2.24) is 19.9 Å². The van der Waals surface area contributed by atoms with Crippen molar-refractivity contribution >= 4 is 5.91 Å². The predicted octanol–water partition coefficient (Wildman–Crippen LogP) is 1.57. The van der Waals surface area contributed by atoms with Crippen LogP contribution in [0, 0.1) is 6.92 Å². The van der Waals surface area contributed by atoms with Crippen LogP contribution >= 0.6 is 0 Å². The smallest absolute Gasteiger partial charge is 0.239 e. The molecule has 0 N–H and O–H groups in total. The highest BCUT2D eigenvalue weighted by atomic mass is 16.5. The second-order valence-corrected chi connectivity index (χ2v) is 6.29. The summed E-state index contributed by atoms with van der Waals surface area (Å²) in [6.07, 6.45) is 5.38. The molecule has 0 bridgehead atoms. The fourth-order valence-corrected chi connectivity index (χ4v) is 3.47. The minimum absolute atomic E-state index is 0.0597. The molecule has 0 spiro atoms. The van der Waals surface area contributed by atoms with Gasteiger partial charge in [0.1, 0.15) is 0 Å². The molecule has 3 heterocycles. The van der Waals surface area contributed by atoms with Crippen LogP contribution in [0.4, 0.5) is 0 Å². The van der Waals surface area contributed by atoms with Crippen LogP contribution in [0.2, 0.25) is 0 Å². The summed E-state index contributed by atoms with van der Waals surface area (Å²) < 4.78 is 5.07. The first-order valence-corrected chi connectivity index (χ1v) is 7.94. The average molecular weight is 292 g/mol. The van der Waals surface area contributed by atoms with E-state index in [0.717, 1.165) is 51.1 Å². The third-order valence-corrected chi connectivity index (χ3v) is 4.70. The summed E-state index contributed by atoms with van der Waals surface area (Å²) >= 11 is 0. The van der Waals surface area contributed by atoms with Gasteiger partial charge in [-0.1, -0.05) is 11.6 Å². The Morgan fingerprint density at radius 1 is 1.24 bits per heavy atom. The zero-order valence-electron chi connectivity index (χ0n) is 12.9. The van der Waals surface area contributed by atoms with Crippen LogP contribution in [0.25, 0.3) is 0 Å². The number of piperidine rings is 2. The molecular weight excluding hydrogens is 268 g/mol. The van der Waals surface area contributed by atoms with Crippen LogP contribution in [-0.2, 0) is 4.79 Å². The van der Waals surface area contributed by atoms with Gasteiger partial charge in [-0.2, -0.15) is 4.98 Å². The van der Waals surface area contributed by atoms with E-state index >= 15 is 0 Å². The van der Waals surface area contributed by atoms with Crippen molar-refractivity contribution in [2.45, 2.75) is 51.0 Å². The van der Waals surface area contributed by atoms with E-state index in [4.69, 9.17) is 4.52 Å². The molecule has 1 amide bonds. The number of aryl methyl sites for hydroxylation is 1. The summed E-state index contributed by atoms with van der Waals surface area (Å²) in [5.74, 6) is 1.85. The van der Waals surface area contributed by atoms with Crippen molar-refractivity contribution in [3.05, 3.63) is 11.7 Å². The van der Waals surface area contributed by atoms with Crippen molar-refractivity contribution in [2.24, 2.45) is 0 Å². The maximum atomic E-state index is 12.8. The van der Waals surface area contributed by atoms with Gasteiger partial charge in [-0.15, -0.1) is 0 Å². The molecule has 1 aromatic rings. The lowest BCUT2D eigenvalue weighted by Gasteiger charge is -2.38. The molecule has 21 heavy (non-hydrogen) atoms. The Morgan fingerprint density at radius 3 is 2.81 bits per heavy atom. The van der Waals surface area contributed by atoms with Gasteiger partial charge in [0, 0.05) is 25.9 Å². The van der Waals surface area contributed by atoms with Gasteiger partial charge in [0.15, 0.2) is 5.82 Å². The van der Waals surface area contributed by atoms with E-state index in [1.54, 1.807) is 6.92 Å². The molecule has 1 aromatic heterocycles. The summed E-state index contributed by atoms with van der Waals surface area (Å²) in [6.45, 7) is 4.41. The zero-order chi connectivity index (χ0) is 14.8. The molecule has 0 aliphatic carbocycles. The van der Waals surface area contributed by atoms with Crippen molar-refractivity contribution in [2.75, 3.05) is 26.7 Å². The summed E-state index contributed by atoms with van der Waals surface area (Å²) in [5.41, 5.74) is 0. The van der Waals surface area contributed by atoms with E-state index in [9.17, 15) is 4.79 Å². The Morgan fingerprint density at radius 2 is 2.10 bits per heavy atom. The fourth-order valence-electron chi connectivity index (χ4n) is 3.47. The molecule has 2 aliphatic rings. The van der Waals surface area contributed by atoms with E-state index in [2.05, 4.69) is 22.1 Å². The molecule has 0 saturated carbocycles. The van der Waals surface area contributed by atoms with Crippen LogP contribution in [-0.4, -0.2) is 58.6 Å². The van der Waals surface area contributed by atoms with E-state index < -0.39 is 0 Å². The number of rotatable bonds is 2. The molecule has 2 aliphatic heterocycles. The second kappa shape index (κ2) is 6.13. The lowest BCUT2D eigenvalue weighted by Crippen LogP contribution is -2.51. The SMILES string of the molecule is Cc1nc([C@H]2CCCN(C(=O)[C@H]3CCCCN3C)C2)no1. The summed E-state index contributed by atoms with van der Waals surface area (Å²) in [4.78, 5) is 21.3. The van der Waals surface area contributed by atoms with Crippen LogP contribution in [0.3, 0.4) is 0 Å². The van der Waals surface area contributed by atoms with Gasteiger partial charge in [-0.05, 0) is 39.3 Å². The Hall–Kier alpha value is -1.43. The third-order valence-electron chi connectivity index (χ3n) is 4.70. The molecule has 0 aromatic carbocycles. The molecule has 6 heteroatoms. The number of carbonyl (C=O) groups is 1. The van der Waals surface area contributed by atoms with Gasteiger partial charge >= 0.3 is 0 Å². The third kappa shape index (κ3) is 3.10. The average Bonchev–Trinajstić information content (AvgIpc) is 2.94. The lowest BCUT2D eigenvalue weighted by molar-refractivity contribution is -0.138. The number of amides is 1. The number of likely N-dealkylation sites (N-methyl/N-ethyl adjacent to an activating group) is 1. The van der Waals surface area contributed by atoms with Crippen molar-refractivity contribution in [3.63, 3.8) is 0 Å². The molecule has 2 saturated heterocycles. The van der Waals surface area contributed by atoms with Gasteiger partial charge in [-0.3, -0.25) is 9.69 Å². The van der Waals surface area contributed by atoms with Crippen molar-refractivity contribution in [1.29, 1.82) is 0 Å². The Kier molecular flexibility index (Phi) is 4.24. The van der Waals surface area contributed by atoms with Gasteiger partial charge in [0.05, 0.1) is 6.04 Å². The van der Waals surface area contributed by atoms with Gasteiger partial charge in [0.2, 0.25) is 11.8 Å². The van der Waals surface area contributed by atoms with Crippen LogP contribution < -0.4 is 0 Å². The van der Waals surface area contributed by atoms with Gasteiger partial charge in [0.25, 0.3) is 0 Å². The van der Waals surface area contributed by atoms with Crippen LogP contribution in [0.15, 0.2) is 4.52 Å². The predicted molar refractivity (Wildman–Crippen MR) is 77.9 cm³/mol. The lowest BCUT2D eigenvalue weighted by atomic mass is 9.95. The van der Waals surface area contributed by atoms with Crippen molar-refractivity contribution in [3.8, 4) is 0 Å². The normalized spacial score (nSPS) is 27.8. The van der Waals surface area contributed by atoms with E-state index in [1.165, 1.54) is 6.42 Å². The summed E-state index contributed by atoms with van der Waals surface area (Å²) in [6, 6.07) is 0.0597. The molecular formula is C15H24N4O2. The standard InChI is InChI=1S/C15H24N4O2/c1-11-16-14(17-21-11)12-6-5-9-19(10-12)15(20)13-7-3-4-8-18(13)2/h12-13H,3-10H2,1-2H3/t12-,13+/m0/s1. The van der Waals surface area contributed by atoms with Crippen molar-refractivity contribution < 1.29 is 9.32 Å². The van der Waals surface area contributed by atoms with E-state index in [-0.39, 0.29) is 17.9 Å². The molecule has 0 unspecified atom stereocenters. The first-order valence-electron chi connectivity index (χ1n) is 7.94. The number of carbonyl (C=O) groups excluding carboxylic acids is 1. The minimum atomic E-state index is 0.0597. The van der Waals surface area contributed by atoms with Gasteiger partial charge in [-0.25, -0.2) is 0 Å². The highest BCUT2D eigenvalue weighted by Crippen LogP contribution is 2.27. The Balaban J connectivity index is 1.66. The van der Waals surface area contributed by atoms with Gasteiger partial charge < -0.3 is 9.42 Å². The quantitative estimate of drug-likeness (QED) is 0.828. The monoisotopic (exact) mass is 292 g/mol. The largest absolute Gasteiger partial charge is 0.341 e. The molecule has 6 nitrogen and oxygen atoms in total. The number of likely N-dealkylation sites (tertiary alicyclic amines) is 2. The Labute approximate surface area is 125 Å². The van der Waals surface area contributed by atoms with Crippen LogP contribution in [0.5, 0.6) is 0 Å². The second-order valence-electron chi connectivity index (χ2n) is 6.29. The fraction of sp³-hybridized carbons (Fsp3) is 0.800. The highest BCUT2D eigenvalue weighted by Gasteiger charge is 2.33. The number of hydrogen-bond acceptors (Lipinski definition) is 5. The van der Waals surface area contributed by atoms with E-state index in [1.807, 2.05) is 4.90 Å². The molecule has 116 valence electrons. The minimum Gasteiger partial charge on any atom is -0.341 e. The number of aromatic nitrogens is 2. The maximum absolute atomic E-state index is 12.8. The highest BCUT2D eigenvalue weighted by molar-refractivity contribution is 5.82. The number of hydrogen-bond donors (Lipinski definition) is 0. The Bertz CT molecular complexity index is 502. The maximum Gasteiger partial charge on any atom is 0.239 e. The molecule has 3 rings (SSSR count). The molecule has 2 fully saturated rings. The summed E-state index contributed by atoms with van der Waals surface area (Å²) in [7, 11) is 2.06.